The van der Waals surface area contributed by atoms with Gasteiger partial charge in [0.15, 0.2) is 0 Å². The number of aromatic nitrogens is 1. The molecule has 0 atom stereocenters. The second-order valence-corrected chi connectivity index (χ2v) is 8.62. The molecule has 0 radical (unpaired) electrons. The van der Waals surface area contributed by atoms with Gasteiger partial charge in [0.05, 0.1) is 5.52 Å². The number of carbonyl (C=O) groups is 1. The number of amides is 1. The van der Waals surface area contributed by atoms with E-state index < -0.39 is 0 Å². The fraction of sp³-hybridized carbons (Fsp3) is 0.385. The van der Waals surface area contributed by atoms with Crippen molar-refractivity contribution in [1.29, 1.82) is 0 Å². The van der Waals surface area contributed by atoms with Gasteiger partial charge in [-0.2, -0.15) is 0 Å². The molecule has 5 heteroatoms. The minimum Gasteiger partial charge on any atom is -0.381 e. The van der Waals surface area contributed by atoms with Gasteiger partial charge in [-0.05, 0) is 43.9 Å². The van der Waals surface area contributed by atoms with Gasteiger partial charge >= 0.3 is 0 Å². The third-order valence-corrected chi connectivity index (χ3v) is 6.53. The largest absolute Gasteiger partial charge is 0.381 e. The van der Waals surface area contributed by atoms with E-state index in [1.54, 1.807) is 10.6 Å². The summed E-state index contributed by atoms with van der Waals surface area (Å²) in [6.45, 7) is 6.38. The first-order valence-corrected chi connectivity index (χ1v) is 11.0. The zero-order valence-corrected chi connectivity index (χ0v) is 18.3. The molecule has 3 aromatic rings. The van der Waals surface area contributed by atoms with Crippen LogP contribution >= 0.6 is 0 Å². The first-order chi connectivity index (χ1) is 15.0. The van der Waals surface area contributed by atoms with Crippen molar-refractivity contribution >= 4 is 16.8 Å². The Bertz CT molecular complexity index is 1130. The smallest absolute Gasteiger partial charge is 0.251 e. The van der Waals surface area contributed by atoms with E-state index in [0.717, 1.165) is 29.3 Å². The number of aryl methyl sites for hydroxylation is 3. The molecule has 0 aliphatic carbocycles. The predicted octanol–water partition coefficient (Wildman–Crippen LogP) is 3.87. The highest BCUT2D eigenvalue weighted by Gasteiger charge is 2.34. The highest BCUT2D eigenvalue weighted by molar-refractivity contribution is 5.82. The third-order valence-electron chi connectivity index (χ3n) is 6.53. The molecule has 4 rings (SSSR count). The summed E-state index contributed by atoms with van der Waals surface area (Å²) in [6, 6.07) is 18.1. The molecule has 1 N–H and O–H groups in total. The molecule has 5 nitrogen and oxygen atoms in total. The summed E-state index contributed by atoms with van der Waals surface area (Å²) >= 11 is 0. The van der Waals surface area contributed by atoms with Crippen LogP contribution in [-0.4, -0.2) is 30.2 Å². The number of pyridine rings is 1. The molecule has 0 saturated carbocycles. The Kier molecular flexibility index (Phi) is 6.23. The number of ether oxygens (including phenoxy) is 1. The zero-order valence-electron chi connectivity index (χ0n) is 18.3. The lowest BCUT2D eigenvalue weighted by molar-refractivity contribution is -0.121. The monoisotopic (exact) mass is 418 g/mol. The fourth-order valence-corrected chi connectivity index (χ4v) is 4.54. The minimum atomic E-state index is -0.102. The highest BCUT2D eigenvalue weighted by atomic mass is 16.5. The van der Waals surface area contributed by atoms with Crippen molar-refractivity contribution in [2.75, 3.05) is 19.8 Å². The lowest BCUT2D eigenvalue weighted by Gasteiger charge is -2.38. The summed E-state index contributed by atoms with van der Waals surface area (Å²) in [7, 11) is 0. The van der Waals surface area contributed by atoms with E-state index in [0.29, 0.717) is 26.3 Å². The maximum Gasteiger partial charge on any atom is 0.251 e. The van der Waals surface area contributed by atoms with Crippen molar-refractivity contribution in [3.05, 3.63) is 81.6 Å². The van der Waals surface area contributed by atoms with Gasteiger partial charge in [-0.15, -0.1) is 0 Å². The topological polar surface area (TPSA) is 60.3 Å². The molecule has 2 heterocycles. The first kappa shape index (κ1) is 21.3. The number of nitrogens with one attached hydrogen (secondary N) is 1. The Labute approximate surface area is 183 Å². The Morgan fingerprint density at radius 2 is 1.77 bits per heavy atom. The van der Waals surface area contributed by atoms with Crippen LogP contribution in [0.15, 0.2) is 59.4 Å². The van der Waals surface area contributed by atoms with Gasteiger partial charge in [0.25, 0.3) is 5.56 Å². The number of nitrogens with zero attached hydrogens (tertiary/aromatic N) is 1. The van der Waals surface area contributed by atoms with E-state index in [2.05, 4.69) is 36.5 Å². The molecule has 1 fully saturated rings. The molecular weight excluding hydrogens is 388 g/mol. The normalized spacial score (nSPS) is 15.7. The molecule has 0 spiro atoms. The quantitative estimate of drug-likeness (QED) is 0.661. The molecule has 2 aromatic carbocycles. The van der Waals surface area contributed by atoms with Crippen molar-refractivity contribution in [3.8, 4) is 0 Å². The van der Waals surface area contributed by atoms with Gasteiger partial charge < -0.3 is 14.6 Å². The Hall–Kier alpha value is -2.92. The number of hydrogen-bond acceptors (Lipinski definition) is 3. The standard InChI is InChI=1S/C26H30N2O3/c1-19-7-9-21(10-8-19)26(12-15-31-16-13-26)18-27-24(29)11-14-28-23-6-4-3-5-22(23)20(2)17-25(28)30/h3-10,17H,11-16,18H2,1-2H3,(H,27,29). The number of carbonyl (C=O) groups excluding carboxylic acids is 1. The van der Waals surface area contributed by atoms with Gasteiger partial charge in [0, 0.05) is 49.6 Å². The molecule has 162 valence electrons. The van der Waals surface area contributed by atoms with Crippen molar-refractivity contribution in [1.82, 2.24) is 9.88 Å². The number of rotatable bonds is 6. The molecule has 1 aliphatic heterocycles. The third kappa shape index (κ3) is 4.57. The molecule has 31 heavy (non-hydrogen) atoms. The molecule has 1 saturated heterocycles. The predicted molar refractivity (Wildman–Crippen MR) is 123 cm³/mol. The van der Waals surface area contributed by atoms with Crippen LogP contribution in [0, 0.1) is 13.8 Å². The Morgan fingerprint density at radius 3 is 2.52 bits per heavy atom. The van der Waals surface area contributed by atoms with E-state index in [1.807, 2.05) is 31.2 Å². The summed E-state index contributed by atoms with van der Waals surface area (Å²) < 4.78 is 7.30. The van der Waals surface area contributed by atoms with E-state index in [1.165, 1.54) is 11.1 Å². The Morgan fingerprint density at radius 1 is 1.06 bits per heavy atom. The van der Waals surface area contributed by atoms with Crippen molar-refractivity contribution in [2.45, 2.75) is 45.1 Å². The molecule has 1 aliphatic rings. The van der Waals surface area contributed by atoms with E-state index in [-0.39, 0.29) is 23.3 Å². The minimum absolute atomic E-state index is 0.0328. The average Bonchev–Trinajstić information content (AvgIpc) is 2.78. The lowest BCUT2D eigenvalue weighted by atomic mass is 9.74. The zero-order chi connectivity index (χ0) is 21.8. The molecule has 1 amide bonds. The van der Waals surface area contributed by atoms with Crippen LogP contribution < -0.4 is 10.9 Å². The summed E-state index contributed by atoms with van der Waals surface area (Å²) in [5, 5.41) is 4.19. The van der Waals surface area contributed by atoms with Crippen molar-refractivity contribution < 1.29 is 9.53 Å². The maximum absolute atomic E-state index is 12.7. The van der Waals surface area contributed by atoms with E-state index >= 15 is 0 Å². The summed E-state index contributed by atoms with van der Waals surface area (Å²) in [5.41, 5.74) is 4.15. The van der Waals surface area contributed by atoms with Crippen LogP contribution in [-0.2, 0) is 21.5 Å². The van der Waals surface area contributed by atoms with Crippen LogP contribution in [0.3, 0.4) is 0 Å². The SMILES string of the molecule is Cc1ccc(C2(CNC(=O)CCn3c(=O)cc(C)c4ccccc43)CCOCC2)cc1. The summed E-state index contributed by atoms with van der Waals surface area (Å²) in [4.78, 5) is 25.3. The van der Waals surface area contributed by atoms with E-state index in [9.17, 15) is 9.59 Å². The number of benzene rings is 2. The highest BCUT2D eigenvalue weighted by Crippen LogP contribution is 2.34. The number of fused-ring (bicyclic) bond motifs is 1. The van der Waals surface area contributed by atoms with Gasteiger partial charge in [0.1, 0.15) is 0 Å². The molecule has 1 aromatic heterocycles. The molecular formula is C26H30N2O3. The van der Waals surface area contributed by atoms with E-state index in [4.69, 9.17) is 4.74 Å². The van der Waals surface area contributed by atoms with Crippen LogP contribution in [0.2, 0.25) is 0 Å². The first-order valence-electron chi connectivity index (χ1n) is 11.0. The van der Waals surface area contributed by atoms with Crippen molar-refractivity contribution in [2.24, 2.45) is 0 Å². The second kappa shape index (κ2) is 9.06. The van der Waals surface area contributed by atoms with Gasteiger partial charge in [-0.3, -0.25) is 9.59 Å². The second-order valence-electron chi connectivity index (χ2n) is 8.62. The summed E-state index contributed by atoms with van der Waals surface area (Å²) in [5.74, 6) is -0.0328. The fourth-order valence-electron chi connectivity index (χ4n) is 4.54. The number of hydrogen-bond donors (Lipinski definition) is 1. The summed E-state index contributed by atoms with van der Waals surface area (Å²) in [6.07, 6.45) is 2.05. The molecule has 0 unspecified atom stereocenters. The maximum atomic E-state index is 12.7. The van der Waals surface area contributed by atoms with Gasteiger partial charge in [-0.1, -0.05) is 48.0 Å². The van der Waals surface area contributed by atoms with Crippen LogP contribution in [0.25, 0.3) is 10.9 Å². The molecule has 0 bridgehead atoms. The Balaban J connectivity index is 1.46. The van der Waals surface area contributed by atoms with Crippen molar-refractivity contribution in [3.63, 3.8) is 0 Å². The average molecular weight is 419 g/mol. The van der Waals surface area contributed by atoms with Crippen LogP contribution in [0.4, 0.5) is 0 Å². The lowest BCUT2D eigenvalue weighted by Crippen LogP contribution is -2.44. The van der Waals surface area contributed by atoms with Gasteiger partial charge in [0.2, 0.25) is 5.91 Å². The van der Waals surface area contributed by atoms with Crippen LogP contribution in [0.1, 0.15) is 36.0 Å². The number of para-hydroxylation sites is 1. The van der Waals surface area contributed by atoms with Gasteiger partial charge in [-0.25, -0.2) is 0 Å². The van der Waals surface area contributed by atoms with Crippen LogP contribution in [0.5, 0.6) is 0 Å².